The topological polar surface area (TPSA) is 175 Å². The van der Waals surface area contributed by atoms with E-state index in [1.165, 1.54) is 148 Å². The lowest BCUT2D eigenvalue weighted by molar-refractivity contribution is -0.302. The number of allylic oxidation sites excluding steroid dienone is 8. The lowest BCUT2D eigenvalue weighted by atomic mass is 9.99. The molecule has 1 amide bonds. The van der Waals surface area contributed by atoms with Crippen LogP contribution in [-0.4, -0.2) is 100 Å². The number of aliphatic hydroxyl groups excluding tert-OH is 5. The molecule has 0 radical (unpaired) electrons. The number of hydrogen-bond donors (Lipinski definition) is 6. The number of aliphatic hydroxyl groups is 5. The molecule has 7 unspecified atom stereocenters. The van der Waals surface area contributed by atoms with Gasteiger partial charge in [-0.1, -0.05) is 222 Å². The Bertz CT molecular complexity index is 1400. The van der Waals surface area contributed by atoms with Crippen molar-refractivity contribution in [2.24, 2.45) is 0 Å². The molecule has 1 fully saturated rings. The summed E-state index contributed by atoms with van der Waals surface area (Å²) in [5.74, 6) is -0.253. The lowest BCUT2D eigenvalue weighted by Crippen LogP contribution is -2.60. The van der Waals surface area contributed by atoms with E-state index in [-0.39, 0.29) is 18.5 Å². The molecule has 0 aliphatic carbocycles. The first kappa shape index (κ1) is 68.4. The molecule has 0 aromatic heterocycles. The van der Waals surface area contributed by atoms with E-state index >= 15 is 0 Å². The van der Waals surface area contributed by atoms with Crippen LogP contribution in [0.15, 0.2) is 60.8 Å². The van der Waals surface area contributed by atoms with E-state index in [9.17, 15) is 35.1 Å². The van der Waals surface area contributed by atoms with Gasteiger partial charge in [0.05, 0.1) is 32.0 Å². The molecule has 1 heterocycles. The summed E-state index contributed by atoms with van der Waals surface area (Å²) >= 11 is 0. The van der Waals surface area contributed by atoms with Gasteiger partial charge in [0.2, 0.25) is 5.91 Å². The molecule has 1 saturated heterocycles. The van der Waals surface area contributed by atoms with E-state index in [2.05, 4.69) is 67.8 Å². The summed E-state index contributed by atoms with van der Waals surface area (Å²) in [6, 6.07) is -0.814. The standard InChI is InChI=1S/C62H111NO10/c1-3-5-7-9-11-13-14-15-23-27-30-34-38-42-46-50-58(67)71-51-47-43-39-35-31-28-25-22-20-18-16-17-19-21-24-26-29-33-37-41-45-49-57(66)63-54(55(65)48-44-40-36-32-12-10-8-6-4-2)53-72-62-61(70)60(69)59(68)56(52-64)73-62/h11,13,15,23,28,31,39,43-44,48,54-56,59-62,64-65,68-70H,3-10,12,14,16-22,24-27,29-30,32-38,40-42,45-47,49-53H2,1-2H3,(H,63,66)/b13-11-,23-15-,31-28-,43-39-,48-44+. The van der Waals surface area contributed by atoms with Crippen LogP contribution < -0.4 is 5.32 Å². The summed E-state index contributed by atoms with van der Waals surface area (Å²) in [7, 11) is 0. The maximum absolute atomic E-state index is 13.0. The van der Waals surface area contributed by atoms with E-state index < -0.39 is 49.5 Å². The molecule has 0 saturated carbocycles. The highest BCUT2D eigenvalue weighted by Gasteiger charge is 2.44. The molecule has 7 atom stereocenters. The van der Waals surface area contributed by atoms with Gasteiger partial charge in [-0.15, -0.1) is 0 Å². The second-order valence-electron chi connectivity index (χ2n) is 20.7. The quantitative estimate of drug-likeness (QED) is 0.0195. The minimum atomic E-state index is -1.57. The Balaban J connectivity index is 2.03. The van der Waals surface area contributed by atoms with Gasteiger partial charge < -0.3 is 45.1 Å². The molecular weight excluding hydrogens is 919 g/mol. The number of nitrogens with one attached hydrogen (secondary N) is 1. The Morgan fingerprint density at radius 1 is 0.507 bits per heavy atom. The van der Waals surface area contributed by atoms with E-state index in [0.717, 1.165) is 83.5 Å². The predicted molar refractivity (Wildman–Crippen MR) is 301 cm³/mol. The SMILES string of the molecule is CCCCC/C=C\C/C=C\CCCCCCCC(=O)OCC/C=C\C/C=C\CCCCCCCCCCCCCCCCC(=O)NC(COC1OC(CO)C(O)C(O)C1O)C(O)/C=C/CCCCCCCCC. The van der Waals surface area contributed by atoms with Gasteiger partial charge in [0, 0.05) is 12.8 Å². The van der Waals surface area contributed by atoms with Gasteiger partial charge in [0.1, 0.15) is 24.4 Å². The van der Waals surface area contributed by atoms with Gasteiger partial charge in [-0.3, -0.25) is 9.59 Å². The first-order chi connectivity index (χ1) is 35.7. The Hall–Kier alpha value is -2.64. The maximum Gasteiger partial charge on any atom is 0.305 e. The van der Waals surface area contributed by atoms with Gasteiger partial charge in [-0.05, 0) is 83.5 Å². The van der Waals surface area contributed by atoms with Crippen molar-refractivity contribution in [1.29, 1.82) is 0 Å². The minimum absolute atomic E-state index is 0.0633. The van der Waals surface area contributed by atoms with E-state index in [1.54, 1.807) is 6.08 Å². The number of amides is 1. The molecule has 1 aliphatic rings. The Morgan fingerprint density at radius 2 is 0.918 bits per heavy atom. The van der Waals surface area contributed by atoms with Gasteiger partial charge in [-0.25, -0.2) is 0 Å². The fourth-order valence-electron chi connectivity index (χ4n) is 9.07. The average molecular weight is 1030 g/mol. The molecule has 0 aromatic rings. The molecule has 11 heteroatoms. The minimum Gasteiger partial charge on any atom is -0.465 e. The normalized spacial score (nSPS) is 19.4. The summed E-state index contributed by atoms with van der Waals surface area (Å²) in [6.07, 6.45) is 56.3. The molecule has 0 bridgehead atoms. The van der Waals surface area contributed by atoms with Crippen LogP contribution >= 0.6 is 0 Å². The maximum atomic E-state index is 13.0. The van der Waals surface area contributed by atoms with Crippen molar-refractivity contribution in [2.45, 2.75) is 301 Å². The summed E-state index contributed by atoms with van der Waals surface area (Å²) in [4.78, 5) is 25.0. The van der Waals surface area contributed by atoms with Crippen LogP contribution in [0.4, 0.5) is 0 Å². The van der Waals surface area contributed by atoms with Crippen molar-refractivity contribution in [1.82, 2.24) is 5.32 Å². The molecular formula is C62H111NO10. The zero-order valence-corrected chi connectivity index (χ0v) is 46.6. The molecule has 1 rings (SSSR count). The lowest BCUT2D eigenvalue weighted by Gasteiger charge is -2.40. The molecule has 73 heavy (non-hydrogen) atoms. The first-order valence-corrected chi connectivity index (χ1v) is 30.1. The molecule has 0 spiro atoms. The highest BCUT2D eigenvalue weighted by molar-refractivity contribution is 5.76. The van der Waals surface area contributed by atoms with Crippen LogP contribution in [0.2, 0.25) is 0 Å². The van der Waals surface area contributed by atoms with Crippen molar-refractivity contribution in [3.63, 3.8) is 0 Å². The first-order valence-electron chi connectivity index (χ1n) is 30.1. The number of hydrogen-bond acceptors (Lipinski definition) is 10. The van der Waals surface area contributed by atoms with Crippen molar-refractivity contribution in [2.75, 3.05) is 19.8 Å². The fourth-order valence-corrected chi connectivity index (χ4v) is 9.07. The van der Waals surface area contributed by atoms with Gasteiger partial charge in [0.25, 0.3) is 0 Å². The Kier molecular flexibility index (Phi) is 48.2. The van der Waals surface area contributed by atoms with Gasteiger partial charge >= 0.3 is 5.97 Å². The van der Waals surface area contributed by atoms with Crippen LogP contribution in [0.5, 0.6) is 0 Å². The number of esters is 1. The molecule has 424 valence electrons. The Morgan fingerprint density at radius 3 is 1.41 bits per heavy atom. The zero-order chi connectivity index (χ0) is 53.1. The van der Waals surface area contributed by atoms with Crippen LogP contribution in [0, 0.1) is 0 Å². The van der Waals surface area contributed by atoms with Crippen LogP contribution in [0.25, 0.3) is 0 Å². The van der Waals surface area contributed by atoms with Gasteiger partial charge in [0.15, 0.2) is 6.29 Å². The van der Waals surface area contributed by atoms with Gasteiger partial charge in [-0.2, -0.15) is 0 Å². The summed E-state index contributed by atoms with van der Waals surface area (Å²) < 4.78 is 16.6. The number of carbonyl (C=O) groups excluding carboxylic acids is 2. The van der Waals surface area contributed by atoms with Crippen molar-refractivity contribution in [3.05, 3.63) is 60.8 Å². The third-order valence-electron chi connectivity index (χ3n) is 13.9. The predicted octanol–water partition coefficient (Wildman–Crippen LogP) is 13.8. The van der Waals surface area contributed by atoms with E-state index in [1.807, 2.05) is 6.08 Å². The third-order valence-corrected chi connectivity index (χ3v) is 13.9. The molecule has 6 N–H and O–H groups in total. The van der Waals surface area contributed by atoms with Crippen molar-refractivity contribution >= 4 is 11.9 Å². The summed E-state index contributed by atoms with van der Waals surface area (Å²) in [5, 5.41) is 54.2. The van der Waals surface area contributed by atoms with Crippen LogP contribution in [0.1, 0.15) is 258 Å². The number of ether oxygens (including phenoxy) is 3. The van der Waals surface area contributed by atoms with Crippen molar-refractivity contribution in [3.8, 4) is 0 Å². The highest BCUT2D eigenvalue weighted by Crippen LogP contribution is 2.23. The second kappa shape index (κ2) is 51.5. The molecule has 0 aromatic carbocycles. The van der Waals surface area contributed by atoms with E-state index in [4.69, 9.17) is 14.2 Å². The zero-order valence-electron chi connectivity index (χ0n) is 46.6. The van der Waals surface area contributed by atoms with Crippen molar-refractivity contribution < 1.29 is 49.3 Å². The summed E-state index contributed by atoms with van der Waals surface area (Å²) in [5.41, 5.74) is 0. The third kappa shape index (κ3) is 41.2. The Labute approximate surface area is 446 Å². The second-order valence-corrected chi connectivity index (χ2v) is 20.7. The average Bonchev–Trinajstić information content (AvgIpc) is 3.39. The monoisotopic (exact) mass is 1030 g/mol. The highest BCUT2D eigenvalue weighted by atomic mass is 16.7. The van der Waals surface area contributed by atoms with Crippen LogP contribution in [0.3, 0.4) is 0 Å². The largest absolute Gasteiger partial charge is 0.465 e. The smallest absolute Gasteiger partial charge is 0.305 e. The van der Waals surface area contributed by atoms with Crippen LogP contribution in [-0.2, 0) is 23.8 Å². The fraction of sp³-hybridized carbons (Fsp3) is 0.806. The summed E-state index contributed by atoms with van der Waals surface area (Å²) in [6.45, 7) is 4.16. The number of carbonyl (C=O) groups is 2. The van der Waals surface area contributed by atoms with E-state index in [0.29, 0.717) is 19.4 Å². The number of rotatable bonds is 51. The number of unbranched alkanes of at least 4 members (excludes halogenated alkanes) is 29. The molecule has 11 nitrogen and oxygen atoms in total. The molecule has 1 aliphatic heterocycles.